The fraction of sp³-hybridized carbons (Fsp3) is 0.0833. The maximum Gasteiger partial charge on any atom is 0.416 e. The van der Waals surface area contributed by atoms with E-state index < -0.39 is 29.0 Å². The van der Waals surface area contributed by atoms with Crippen LogP contribution in [0, 0.1) is 5.82 Å². The summed E-state index contributed by atoms with van der Waals surface area (Å²) < 4.78 is 50.7. The van der Waals surface area contributed by atoms with Crippen molar-refractivity contribution in [2.45, 2.75) is 6.18 Å². The van der Waals surface area contributed by atoms with Crippen molar-refractivity contribution in [1.82, 2.24) is 9.97 Å². The summed E-state index contributed by atoms with van der Waals surface area (Å²) in [5.41, 5.74) is -1.71. The first-order chi connectivity index (χ1) is 9.36. The molecule has 0 unspecified atom stereocenters. The Kier molecular flexibility index (Phi) is 3.64. The Morgan fingerprint density at radius 1 is 1.10 bits per heavy atom. The third-order valence-corrected chi connectivity index (χ3v) is 2.28. The molecule has 0 atom stereocenters. The lowest BCUT2D eigenvalue weighted by molar-refractivity contribution is -0.137. The van der Waals surface area contributed by atoms with Crippen LogP contribution in [-0.2, 0) is 6.18 Å². The Balaban J connectivity index is 2.29. The maximum atomic E-state index is 13.1. The molecule has 1 aromatic carbocycles. The Hall–Kier alpha value is -2.51. The minimum absolute atomic E-state index is 0.0877. The molecule has 1 aromatic heterocycles. The highest BCUT2D eigenvalue weighted by Crippen LogP contribution is 2.30. The summed E-state index contributed by atoms with van der Waals surface area (Å²) in [6, 6.07) is 3.07. The first-order valence-electron chi connectivity index (χ1n) is 5.32. The smallest absolute Gasteiger partial charge is 0.290 e. The van der Waals surface area contributed by atoms with E-state index in [9.17, 15) is 22.4 Å². The summed E-state index contributed by atoms with van der Waals surface area (Å²) in [5.74, 6) is -2.17. The number of amides is 1. The highest BCUT2D eigenvalue weighted by molar-refractivity contribution is 6.03. The minimum atomic E-state index is -4.74. The third kappa shape index (κ3) is 3.28. The van der Waals surface area contributed by atoms with Gasteiger partial charge in [-0.1, -0.05) is 0 Å². The molecule has 1 N–H and O–H groups in total. The number of aromatic nitrogens is 2. The molecule has 0 spiro atoms. The Morgan fingerprint density at radius 3 is 2.35 bits per heavy atom. The standard InChI is InChI=1S/C12H7F4N3O/c13-9-5-7(4-8(6-9)12(14,15)16)10(20)19-11-17-2-1-3-18-11/h1-6H,(H,17,18,19,20). The number of hydrogen-bond acceptors (Lipinski definition) is 3. The SMILES string of the molecule is O=C(Nc1ncccn1)c1cc(F)cc(C(F)(F)F)c1. The molecule has 8 heteroatoms. The van der Waals surface area contributed by atoms with Crippen molar-refractivity contribution in [3.8, 4) is 0 Å². The number of benzene rings is 1. The second-order valence-corrected chi connectivity index (χ2v) is 3.75. The molecule has 2 aromatic rings. The van der Waals surface area contributed by atoms with Crippen LogP contribution in [0.1, 0.15) is 15.9 Å². The first-order valence-corrected chi connectivity index (χ1v) is 5.32. The topological polar surface area (TPSA) is 54.9 Å². The van der Waals surface area contributed by atoms with E-state index in [1.165, 1.54) is 18.5 Å². The van der Waals surface area contributed by atoms with Gasteiger partial charge in [0.15, 0.2) is 0 Å². The Morgan fingerprint density at radius 2 is 1.75 bits per heavy atom. The van der Waals surface area contributed by atoms with Crippen molar-refractivity contribution in [3.63, 3.8) is 0 Å². The molecule has 2 rings (SSSR count). The predicted octanol–water partition coefficient (Wildman–Crippen LogP) is 2.89. The molecule has 1 heterocycles. The zero-order valence-corrected chi connectivity index (χ0v) is 9.78. The molecule has 0 aliphatic carbocycles. The van der Waals surface area contributed by atoms with Gasteiger partial charge in [-0.3, -0.25) is 10.1 Å². The summed E-state index contributed by atoms with van der Waals surface area (Å²) in [4.78, 5) is 19.1. The molecule has 0 bridgehead atoms. The zero-order chi connectivity index (χ0) is 14.8. The van der Waals surface area contributed by atoms with Crippen molar-refractivity contribution in [1.29, 1.82) is 0 Å². The molecule has 0 radical (unpaired) electrons. The van der Waals surface area contributed by atoms with Gasteiger partial charge < -0.3 is 0 Å². The van der Waals surface area contributed by atoms with E-state index in [0.717, 1.165) is 0 Å². The number of carbonyl (C=O) groups excluding carboxylic acids is 1. The molecule has 104 valence electrons. The average Bonchev–Trinajstić information content (AvgIpc) is 2.38. The third-order valence-electron chi connectivity index (χ3n) is 2.28. The number of halogens is 4. The van der Waals surface area contributed by atoms with Crippen LogP contribution in [0.2, 0.25) is 0 Å². The van der Waals surface area contributed by atoms with Crippen LogP contribution in [0.25, 0.3) is 0 Å². The summed E-state index contributed by atoms with van der Waals surface area (Å²) >= 11 is 0. The van der Waals surface area contributed by atoms with E-state index >= 15 is 0 Å². The predicted molar refractivity (Wildman–Crippen MR) is 61.4 cm³/mol. The van der Waals surface area contributed by atoms with Crippen molar-refractivity contribution < 1.29 is 22.4 Å². The van der Waals surface area contributed by atoms with Gasteiger partial charge in [-0.25, -0.2) is 14.4 Å². The van der Waals surface area contributed by atoms with Crippen LogP contribution >= 0.6 is 0 Å². The van der Waals surface area contributed by atoms with Crippen LogP contribution in [0.3, 0.4) is 0 Å². The van der Waals surface area contributed by atoms with E-state index in [4.69, 9.17) is 0 Å². The second kappa shape index (κ2) is 5.24. The van der Waals surface area contributed by atoms with Gasteiger partial charge in [0, 0.05) is 18.0 Å². The van der Waals surface area contributed by atoms with Gasteiger partial charge >= 0.3 is 6.18 Å². The van der Waals surface area contributed by atoms with Crippen LogP contribution in [0.5, 0.6) is 0 Å². The number of alkyl halides is 3. The van der Waals surface area contributed by atoms with Crippen LogP contribution in [0.4, 0.5) is 23.5 Å². The van der Waals surface area contributed by atoms with E-state index in [-0.39, 0.29) is 5.95 Å². The van der Waals surface area contributed by atoms with Gasteiger partial charge in [0.1, 0.15) is 5.82 Å². The largest absolute Gasteiger partial charge is 0.416 e. The van der Waals surface area contributed by atoms with E-state index in [1.54, 1.807) is 0 Å². The Labute approximate surface area is 110 Å². The molecule has 0 saturated heterocycles. The van der Waals surface area contributed by atoms with Gasteiger partial charge in [0.05, 0.1) is 5.56 Å². The number of anilines is 1. The molecular weight excluding hydrogens is 278 g/mol. The summed E-state index contributed by atoms with van der Waals surface area (Å²) in [6.45, 7) is 0. The van der Waals surface area contributed by atoms with Gasteiger partial charge in [-0.05, 0) is 24.3 Å². The van der Waals surface area contributed by atoms with E-state index in [0.29, 0.717) is 18.2 Å². The lowest BCUT2D eigenvalue weighted by Crippen LogP contribution is -2.16. The maximum absolute atomic E-state index is 13.1. The Bertz CT molecular complexity index is 628. The molecule has 0 aliphatic rings. The highest BCUT2D eigenvalue weighted by atomic mass is 19.4. The molecule has 20 heavy (non-hydrogen) atoms. The summed E-state index contributed by atoms with van der Waals surface area (Å²) in [5, 5.41) is 2.17. The lowest BCUT2D eigenvalue weighted by atomic mass is 10.1. The van der Waals surface area contributed by atoms with Gasteiger partial charge in [0.25, 0.3) is 5.91 Å². The van der Waals surface area contributed by atoms with Gasteiger partial charge in [-0.15, -0.1) is 0 Å². The van der Waals surface area contributed by atoms with E-state index in [2.05, 4.69) is 15.3 Å². The fourth-order valence-electron chi connectivity index (χ4n) is 1.42. The molecule has 0 saturated carbocycles. The molecule has 1 amide bonds. The van der Waals surface area contributed by atoms with Gasteiger partial charge in [0.2, 0.25) is 5.95 Å². The highest BCUT2D eigenvalue weighted by Gasteiger charge is 2.32. The molecular formula is C12H7F4N3O. The fourth-order valence-corrected chi connectivity index (χ4v) is 1.42. The van der Waals surface area contributed by atoms with Crippen molar-refractivity contribution in [2.75, 3.05) is 5.32 Å². The lowest BCUT2D eigenvalue weighted by Gasteiger charge is -2.09. The quantitative estimate of drug-likeness (QED) is 0.863. The second-order valence-electron chi connectivity index (χ2n) is 3.75. The molecule has 0 fully saturated rings. The van der Waals surface area contributed by atoms with Crippen LogP contribution in [-0.4, -0.2) is 15.9 Å². The zero-order valence-electron chi connectivity index (χ0n) is 9.78. The van der Waals surface area contributed by atoms with Crippen LogP contribution < -0.4 is 5.32 Å². The van der Waals surface area contributed by atoms with Crippen molar-refractivity contribution in [2.24, 2.45) is 0 Å². The normalized spacial score (nSPS) is 11.2. The van der Waals surface area contributed by atoms with Gasteiger partial charge in [-0.2, -0.15) is 13.2 Å². The minimum Gasteiger partial charge on any atom is -0.290 e. The van der Waals surface area contributed by atoms with Crippen molar-refractivity contribution in [3.05, 3.63) is 53.6 Å². The summed E-state index contributed by atoms with van der Waals surface area (Å²) in [7, 11) is 0. The number of nitrogens with zero attached hydrogens (tertiary/aromatic N) is 2. The number of nitrogens with one attached hydrogen (secondary N) is 1. The molecule has 0 aliphatic heterocycles. The number of hydrogen-bond donors (Lipinski definition) is 1. The number of carbonyl (C=O) groups is 1. The first kappa shape index (κ1) is 13.9. The number of rotatable bonds is 2. The molecule has 4 nitrogen and oxygen atoms in total. The van der Waals surface area contributed by atoms with Crippen LogP contribution in [0.15, 0.2) is 36.7 Å². The van der Waals surface area contributed by atoms with Crippen molar-refractivity contribution >= 4 is 11.9 Å². The van der Waals surface area contributed by atoms with E-state index in [1.807, 2.05) is 0 Å². The summed E-state index contributed by atoms with van der Waals surface area (Å²) in [6.07, 6.45) is -2.05. The monoisotopic (exact) mass is 285 g/mol. The average molecular weight is 285 g/mol.